The number of ether oxygens (including phenoxy) is 1. The van der Waals surface area contributed by atoms with E-state index in [9.17, 15) is 14.7 Å². The topological polar surface area (TPSA) is 66.8 Å². The van der Waals surface area contributed by atoms with Gasteiger partial charge >= 0.3 is 6.09 Å². The second-order valence-electron chi connectivity index (χ2n) is 4.76. The van der Waals surface area contributed by atoms with Crippen molar-refractivity contribution in [2.45, 2.75) is 20.0 Å². The van der Waals surface area contributed by atoms with Gasteiger partial charge in [0.05, 0.1) is 18.6 Å². The highest BCUT2D eigenvalue weighted by molar-refractivity contribution is 5.95. The van der Waals surface area contributed by atoms with Crippen LogP contribution in [0.25, 0.3) is 0 Å². The minimum absolute atomic E-state index is 0.217. The predicted octanol–water partition coefficient (Wildman–Crippen LogP) is 2.14. The highest BCUT2D eigenvalue weighted by Crippen LogP contribution is 2.13. The number of aryl methyl sites for hydroxylation is 1. The molecule has 2 rings (SSSR count). The molecule has 5 nitrogen and oxygen atoms in total. The van der Waals surface area contributed by atoms with Crippen LogP contribution in [0.15, 0.2) is 43.0 Å². The molecule has 0 aromatic heterocycles. The standard InChI is InChI=1S/C9H13NO4.C7H8/c1-3-7(6(2)11)8(12)10-4-5-14-9(10)13;1-7-5-3-2-4-6-7/h3,6-7,11H,1,4-5H2,2H3;2-6H,1H3. The van der Waals surface area contributed by atoms with E-state index in [1.807, 2.05) is 18.2 Å². The minimum Gasteiger partial charge on any atom is -0.447 e. The Bertz CT molecular complexity index is 480. The van der Waals surface area contributed by atoms with Crippen LogP contribution in [0.3, 0.4) is 0 Å². The van der Waals surface area contributed by atoms with Gasteiger partial charge in [-0.05, 0) is 13.8 Å². The van der Waals surface area contributed by atoms with E-state index in [1.165, 1.54) is 18.6 Å². The van der Waals surface area contributed by atoms with Gasteiger partial charge in [0, 0.05) is 0 Å². The molecule has 0 bridgehead atoms. The molecule has 0 radical (unpaired) electrons. The number of hydrogen-bond donors (Lipinski definition) is 1. The summed E-state index contributed by atoms with van der Waals surface area (Å²) in [5.74, 6) is -1.21. The molecule has 0 aliphatic carbocycles. The lowest BCUT2D eigenvalue weighted by Crippen LogP contribution is -2.39. The highest BCUT2D eigenvalue weighted by atomic mass is 16.6. The zero-order chi connectivity index (χ0) is 15.8. The van der Waals surface area contributed by atoms with E-state index in [1.54, 1.807) is 0 Å². The average Bonchev–Trinajstić information content (AvgIpc) is 2.87. The van der Waals surface area contributed by atoms with E-state index < -0.39 is 24.0 Å². The first kappa shape index (κ1) is 16.9. The van der Waals surface area contributed by atoms with E-state index in [0.29, 0.717) is 0 Å². The molecule has 1 heterocycles. The van der Waals surface area contributed by atoms with Crippen LogP contribution in [-0.2, 0) is 9.53 Å². The van der Waals surface area contributed by atoms with Crippen LogP contribution in [-0.4, -0.2) is 41.3 Å². The maximum atomic E-state index is 11.6. The van der Waals surface area contributed by atoms with Gasteiger partial charge in [0.25, 0.3) is 0 Å². The summed E-state index contributed by atoms with van der Waals surface area (Å²) in [6, 6.07) is 10.3. The number of cyclic esters (lactones) is 1. The number of hydrogen-bond acceptors (Lipinski definition) is 4. The third kappa shape index (κ3) is 5.04. The summed E-state index contributed by atoms with van der Waals surface area (Å²) in [5, 5.41) is 9.26. The molecule has 2 unspecified atom stereocenters. The highest BCUT2D eigenvalue weighted by Gasteiger charge is 2.33. The summed E-state index contributed by atoms with van der Waals surface area (Å²) in [6.45, 7) is 7.46. The molecule has 1 aromatic carbocycles. The van der Waals surface area contributed by atoms with Crippen LogP contribution < -0.4 is 0 Å². The number of nitrogens with zero attached hydrogens (tertiary/aromatic N) is 1. The third-order valence-corrected chi connectivity index (χ3v) is 3.03. The first-order valence-electron chi connectivity index (χ1n) is 6.77. The van der Waals surface area contributed by atoms with Gasteiger partial charge in [-0.25, -0.2) is 9.69 Å². The van der Waals surface area contributed by atoms with Crippen molar-refractivity contribution in [1.82, 2.24) is 4.90 Å². The molecule has 1 aliphatic rings. The van der Waals surface area contributed by atoms with E-state index in [2.05, 4.69) is 30.4 Å². The maximum Gasteiger partial charge on any atom is 0.416 e. The summed E-state index contributed by atoms with van der Waals surface area (Å²) < 4.78 is 4.61. The lowest BCUT2D eigenvalue weighted by molar-refractivity contribution is -0.133. The van der Waals surface area contributed by atoms with Crippen molar-refractivity contribution in [3.63, 3.8) is 0 Å². The molecule has 2 amide bonds. The average molecular weight is 291 g/mol. The molecule has 0 spiro atoms. The van der Waals surface area contributed by atoms with Crippen molar-refractivity contribution in [2.24, 2.45) is 5.92 Å². The molecule has 1 fully saturated rings. The Hall–Kier alpha value is -2.14. The number of imide groups is 1. The summed E-state index contributed by atoms with van der Waals surface area (Å²) in [7, 11) is 0. The third-order valence-electron chi connectivity index (χ3n) is 3.03. The van der Waals surface area contributed by atoms with Gasteiger partial charge in [-0.3, -0.25) is 4.79 Å². The van der Waals surface area contributed by atoms with Crippen LogP contribution >= 0.6 is 0 Å². The predicted molar refractivity (Wildman–Crippen MR) is 79.6 cm³/mol. The first-order chi connectivity index (χ1) is 9.97. The fourth-order valence-electron chi connectivity index (χ4n) is 1.81. The van der Waals surface area contributed by atoms with Crippen LogP contribution in [0.4, 0.5) is 4.79 Å². The number of carbonyl (C=O) groups is 2. The molecule has 5 heteroatoms. The molecule has 1 aliphatic heterocycles. The van der Waals surface area contributed by atoms with Crippen molar-refractivity contribution in [3.05, 3.63) is 48.6 Å². The number of benzene rings is 1. The Morgan fingerprint density at radius 2 is 2.05 bits per heavy atom. The lowest BCUT2D eigenvalue weighted by atomic mass is 10.0. The van der Waals surface area contributed by atoms with Crippen molar-refractivity contribution in [2.75, 3.05) is 13.2 Å². The van der Waals surface area contributed by atoms with Crippen LogP contribution in [0.5, 0.6) is 0 Å². The summed E-state index contributed by atoms with van der Waals surface area (Å²) >= 11 is 0. The first-order valence-corrected chi connectivity index (χ1v) is 6.77. The second-order valence-corrected chi connectivity index (χ2v) is 4.76. The number of carbonyl (C=O) groups excluding carboxylic acids is 2. The van der Waals surface area contributed by atoms with E-state index in [0.717, 1.165) is 4.90 Å². The summed E-state index contributed by atoms with van der Waals surface area (Å²) in [4.78, 5) is 23.6. The van der Waals surface area contributed by atoms with Crippen molar-refractivity contribution >= 4 is 12.0 Å². The Labute approximate surface area is 124 Å². The number of rotatable bonds is 3. The molecule has 21 heavy (non-hydrogen) atoms. The number of amides is 2. The van der Waals surface area contributed by atoms with Crippen molar-refractivity contribution in [1.29, 1.82) is 0 Å². The SMILES string of the molecule is C=CC(C(=O)N1CCOC1=O)C(C)O.Cc1ccccc1. The summed E-state index contributed by atoms with van der Waals surface area (Å²) in [6.07, 6.45) is -0.172. The van der Waals surface area contributed by atoms with Gasteiger partial charge in [-0.15, -0.1) is 6.58 Å². The van der Waals surface area contributed by atoms with Gasteiger partial charge in [-0.1, -0.05) is 42.0 Å². The molecule has 114 valence electrons. The lowest BCUT2D eigenvalue weighted by Gasteiger charge is -2.19. The van der Waals surface area contributed by atoms with Gasteiger partial charge in [-0.2, -0.15) is 0 Å². The van der Waals surface area contributed by atoms with Crippen molar-refractivity contribution < 1.29 is 19.4 Å². The van der Waals surface area contributed by atoms with E-state index in [-0.39, 0.29) is 13.2 Å². The zero-order valence-electron chi connectivity index (χ0n) is 12.4. The smallest absolute Gasteiger partial charge is 0.416 e. The van der Waals surface area contributed by atoms with Crippen molar-refractivity contribution in [3.8, 4) is 0 Å². The molecular formula is C16H21NO4. The van der Waals surface area contributed by atoms with Gasteiger partial charge in [0.15, 0.2) is 0 Å². The quantitative estimate of drug-likeness (QED) is 0.866. The molecule has 1 aromatic rings. The summed E-state index contributed by atoms with van der Waals surface area (Å²) in [5.41, 5.74) is 1.32. The fraction of sp³-hybridized carbons (Fsp3) is 0.375. The number of aliphatic hydroxyl groups excluding tert-OH is 1. The van der Waals surface area contributed by atoms with Crippen LogP contribution in [0, 0.1) is 12.8 Å². The second kappa shape index (κ2) is 8.21. The molecule has 1 N–H and O–H groups in total. The minimum atomic E-state index is -0.853. The largest absolute Gasteiger partial charge is 0.447 e. The van der Waals surface area contributed by atoms with Crippen LogP contribution in [0.2, 0.25) is 0 Å². The van der Waals surface area contributed by atoms with Gasteiger partial charge in [0.1, 0.15) is 6.61 Å². The fourth-order valence-corrected chi connectivity index (χ4v) is 1.81. The molecule has 0 saturated carbocycles. The maximum absolute atomic E-state index is 11.6. The normalized spacial score (nSPS) is 16.3. The Balaban J connectivity index is 0.000000262. The number of aliphatic hydroxyl groups is 1. The molecule has 1 saturated heterocycles. The molecular weight excluding hydrogens is 270 g/mol. The Kier molecular flexibility index (Phi) is 6.62. The zero-order valence-corrected chi connectivity index (χ0v) is 12.4. The van der Waals surface area contributed by atoms with Crippen LogP contribution in [0.1, 0.15) is 12.5 Å². The van der Waals surface area contributed by atoms with Gasteiger partial charge in [0.2, 0.25) is 5.91 Å². The van der Waals surface area contributed by atoms with E-state index >= 15 is 0 Å². The Morgan fingerprint density at radius 1 is 1.43 bits per heavy atom. The Morgan fingerprint density at radius 3 is 2.38 bits per heavy atom. The van der Waals surface area contributed by atoms with Gasteiger partial charge < -0.3 is 9.84 Å². The van der Waals surface area contributed by atoms with E-state index in [4.69, 9.17) is 0 Å². The monoisotopic (exact) mass is 291 g/mol. The molecule has 2 atom stereocenters.